The second-order valence-electron chi connectivity index (χ2n) is 2.28. The van der Waals surface area contributed by atoms with Crippen LogP contribution in [0.25, 0.3) is 0 Å². The van der Waals surface area contributed by atoms with Crippen LogP contribution < -0.4 is 4.89 Å². The molecule has 0 bridgehead atoms. The van der Waals surface area contributed by atoms with Gasteiger partial charge in [-0.2, -0.15) is 0 Å². The van der Waals surface area contributed by atoms with Gasteiger partial charge in [0.1, 0.15) is 0 Å². The van der Waals surface area contributed by atoms with Gasteiger partial charge in [0, 0.05) is 7.37 Å². The molecule has 7 heteroatoms. The summed E-state index contributed by atoms with van der Waals surface area (Å²) in [5.74, 6) is -1.77. The normalized spacial score (nSPS) is 10.7. The number of carbonyl (C=O) groups is 2. The molecule has 0 saturated carbocycles. The van der Waals surface area contributed by atoms with E-state index in [1.807, 2.05) is 0 Å². The van der Waals surface area contributed by atoms with E-state index >= 15 is 0 Å². The van der Waals surface area contributed by atoms with E-state index in [0.29, 0.717) is 0 Å². The zero-order valence-corrected chi connectivity index (χ0v) is 8.21. The summed E-state index contributed by atoms with van der Waals surface area (Å²) in [5, 5.41) is 0. The maximum absolute atomic E-state index is 11.0. The van der Waals surface area contributed by atoms with Crippen LogP contribution in [0.2, 0.25) is 0 Å². The quantitative estimate of drug-likeness (QED) is 0.434. The van der Waals surface area contributed by atoms with E-state index in [2.05, 4.69) is 9.47 Å². The third-order valence-corrected chi connectivity index (χ3v) is 2.68. The van der Waals surface area contributed by atoms with E-state index in [4.69, 9.17) is 0 Å². The van der Waals surface area contributed by atoms with Gasteiger partial charge in [-0.05, 0) is 0 Å². The van der Waals surface area contributed by atoms with Crippen molar-refractivity contribution >= 4 is 19.3 Å². The number of esters is 2. The van der Waals surface area contributed by atoms with Crippen molar-refractivity contribution in [3.05, 3.63) is 0 Å². The van der Waals surface area contributed by atoms with Crippen LogP contribution in [0.5, 0.6) is 0 Å². The zero-order chi connectivity index (χ0) is 10.5. The highest BCUT2D eigenvalue weighted by molar-refractivity contribution is 7.58. The predicted octanol–water partition coefficient (Wildman–Crippen LogP) is -1.03. The largest absolute Gasteiger partial charge is 0.799 e. The van der Waals surface area contributed by atoms with Crippen molar-refractivity contribution in [3.63, 3.8) is 0 Å². The highest BCUT2D eigenvalue weighted by Gasteiger charge is 2.18. The molecule has 0 spiro atoms. The molecule has 0 aromatic rings. The number of rotatable bonds is 4. The fourth-order valence-corrected chi connectivity index (χ4v) is 1.74. The number of ether oxygens (including phenoxy) is 2. The van der Waals surface area contributed by atoms with E-state index in [1.165, 1.54) is 0 Å². The Morgan fingerprint density at radius 1 is 1.15 bits per heavy atom. The Morgan fingerprint density at radius 3 is 1.69 bits per heavy atom. The maximum atomic E-state index is 11.0. The molecule has 0 aromatic carbocycles. The summed E-state index contributed by atoms with van der Waals surface area (Å²) in [4.78, 5) is 32.1. The number of methoxy groups -OCH3 is 2. The van der Waals surface area contributed by atoms with E-state index in [0.717, 1.165) is 14.2 Å². The van der Waals surface area contributed by atoms with E-state index in [-0.39, 0.29) is 0 Å². The Morgan fingerprint density at radius 2 is 1.46 bits per heavy atom. The summed E-state index contributed by atoms with van der Waals surface area (Å²) in [6, 6.07) is 0. The lowest BCUT2D eigenvalue weighted by Crippen LogP contribution is -2.21. The summed E-state index contributed by atoms with van der Waals surface area (Å²) >= 11 is 0. The summed E-state index contributed by atoms with van der Waals surface area (Å²) in [7, 11) is -1.90. The van der Waals surface area contributed by atoms with Gasteiger partial charge in [0.25, 0.3) is 0 Å². The summed E-state index contributed by atoms with van der Waals surface area (Å²) in [5.41, 5.74) is 0. The molecule has 6 nitrogen and oxygen atoms in total. The lowest BCUT2D eigenvalue weighted by molar-refractivity contribution is -0.177. The molecule has 0 unspecified atom stereocenters. The third kappa shape index (κ3) is 5.38. The molecule has 0 aliphatic heterocycles. The van der Waals surface area contributed by atoms with Gasteiger partial charge in [0.15, 0.2) is 0 Å². The highest BCUT2D eigenvalue weighted by atomic mass is 31.2. The van der Waals surface area contributed by atoms with Gasteiger partial charge in [-0.25, -0.2) is 0 Å². The van der Waals surface area contributed by atoms with Gasteiger partial charge in [-0.1, -0.05) is 0 Å². The molecule has 0 aliphatic carbocycles. The molecular formula is C6H10O6P-. The Bertz CT molecular complexity index is 226. The summed E-state index contributed by atoms with van der Waals surface area (Å²) in [6.07, 6.45) is -1.56. The molecule has 0 fully saturated rings. The molecule has 0 amide bonds. The summed E-state index contributed by atoms with van der Waals surface area (Å²) in [6.45, 7) is 0. The van der Waals surface area contributed by atoms with Crippen molar-refractivity contribution < 1.29 is 28.5 Å². The maximum Gasteiger partial charge on any atom is 0.311 e. The van der Waals surface area contributed by atoms with Crippen LogP contribution in [-0.2, 0) is 23.6 Å². The van der Waals surface area contributed by atoms with E-state index < -0.39 is 31.6 Å². The Hall–Kier alpha value is -0.870. The van der Waals surface area contributed by atoms with Crippen LogP contribution in [0.1, 0.15) is 0 Å². The van der Waals surface area contributed by atoms with Gasteiger partial charge in [-0.15, -0.1) is 0 Å². The molecule has 0 aromatic heterocycles. The fourth-order valence-electron chi connectivity index (χ4n) is 0.578. The van der Waals surface area contributed by atoms with E-state index in [9.17, 15) is 19.0 Å². The minimum absolute atomic E-state index is 0.779. The minimum atomic E-state index is -4.04. The topological polar surface area (TPSA) is 92.7 Å². The van der Waals surface area contributed by atoms with Gasteiger partial charge in [0.2, 0.25) is 0 Å². The van der Waals surface area contributed by atoms with Crippen LogP contribution in [-0.4, -0.2) is 38.5 Å². The van der Waals surface area contributed by atoms with Crippen molar-refractivity contribution in [1.82, 2.24) is 0 Å². The summed E-state index contributed by atoms with van der Waals surface area (Å²) < 4.78 is 19.3. The zero-order valence-electron chi connectivity index (χ0n) is 7.31. The van der Waals surface area contributed by atoms with Crippen molar-refractivity contribution in [1.29, 1.82) is 0 Å². The number of hydrogen-bond acceptors (Lipinski definition) is 6. The van der Waals surface area contributed by atoms with Crippen LogP contribution in [0, 0.1) is 0 Å². The Labute approximate surface area is 75.3 Å². The lowest BCUT2D eigenvalue weighted by atomic mass is 10.8. The number of hydrogen-bond donors (Lipinski definition) is 0. The average Bonchev–Trinajstić information content (AvgIpc) is 2.02. The fraction of sp³-hybridized carbons (Fsp3) is 0.667. The molecule has 13 heavy (non-hydrogen) atoms. The van der Waals surface area contributed by atoms with Crippen LogP contribution in [0.3, 0.4) is 0 Å². The molecular weight excluding hydrogens is 199 g/mol. The molecule has 0 aliphatic rings. The highest BCUT2D eigenvalue weighted by Crippen LogP contribution is 2.34. The van der Waals surface area contributed by atoms with Gasteiger partial charge in [-0.3, -0.25) is 9.59 Å². The average molecular weight is 209 g/mol. The molecule has 0 saturated heterocycles. The predicted molar refractivity (Wildman–Crippen MR) is 41.4 cm³/mol. The Balaban J connectivity index is 4.16. The first-order valence-electron chi connectivity index (χ1n) is 3.34. The van der Waals surface area contributed by atoms with Crippen molar-refractivity contribution in [2.24, 2.45) is 0 Å². The van der Waals surface area contributed by atoms with E-state index in [1.54, 1.807) is 0 Å². The first kappa shape index (κ1) is 12.1. The van der Waals surface area contributed by atoms with Crippen LogP contribution in [0.4, 0.5) is 0 Å². The SMILES string of the molecule is COC(=O)CP(=O)([O-])CC(=O)OC. The second-order valence-corrected chi connectivity index (χ2v) is 4.54. The van der Waals surface area contributed by atoms with Crippen LogP contribution >= 0.6 is 7.37 Å². The molecule has 0 radical (unpaired) electrons. The first-order chi connectivity index (χ1) is 5.91. The van der Waals surface area contributed by atoms with Gasteiger partial charge < -0.3 is 18.9 Å². The molecule has 0 N–H and O–H groups in total. The molecule has 0 rings (SSSR count). The molecule has 0 heterocycles. The monoisotopic (exact) mass is 209 g/mol. The van der Waals surface area contributed by atoms with Crippen molar-refractivity contribution in [2.75, 3.05) is 26.5 Å². The second kappa shape index (κ2) is 4.99. The van der Waals surface area contributed by atoms with Gasteiger partial charge in [0.05, 0.1) is 26.5 Å². The molecule has 76 valence electrons. The minimum Gasteiger partial charge on any atom is -0.799 e. The van der Waals surface area contributed by atoms with Gasteiger partial charge >= 0.3 is 11.9 Å². The number of carbonyl (C=O) groups excluding carboxylic acids is 2. The lowest BCUT2D eigenvalue weighted by Gasteiger charge is -2.19. The smallest absolute Gasteiger partial charge is 0.311 e. The first-order valence-corrected chi connectivity index (χ1v) is 5.33. The van der Waals surface area contributed by atoms with Crippen LogP contribution in [0.15, 0.2) is 0 Å². The molecule has 0 atom stereocenters. The third-order valence-electron chi connectivity index (χ3n) is 1.20. The Kier molecular flexibility index (Phi) is 4.66. The standard InChI is InChI=1S/C6H11O6P/c1-11-5(7)3-13(9,10)4-6(8)12-2/h3-4H2,1-2H3,(H,9,10)/p-1. The van der Waals surface area contributed by atoms with Crippen molar-refractivity contribution in [3.8, 4) is 0 Å². The van der Waals surface area contributed by atoms with Crippen molar-refractivity contribution in [2.45, 2.75) is 0 Å².